The highest BCUT2D eigenvalue weighted by molar-refractivity contribution is 4.96. The predicted molar refractivity (Wildman–Crippen MR) is 45.9 cm³/mol. The topological polar surface area (TPSA) is 72.4 Å². The van der Waals surface area contributed by atoms with Gasteiger partial charge in [0.15, 0.2) is 0 Å². The van der Waals surface area contributed by atoms with Crippen molar-refractivity contribution in [2.45, 2.75) is 18.8 Å². The van der Waals surface area contributed by atoms with Crippen LogP contribution in [-0.2, 0) is 6.54 Å². The second-order valence-electron chi connectivity index (χ2n) is 3.41. The van der Waals surface area contributed by atoms with Crippen LogP contribution in [0.1, 0.15) is 5.69 Å². The number of β-amino-alcohol motifs (C(OH)–C–C–N with tert-alkyl or cyclic N) is 2. The lowest BCUT2D eigenvalue weighted by atomic mass is 10.3. The fourth-order valence-corrected chi connectivity index (χ4v) is 1.59. The molecule has 3 N–H and O–H groups in total. The molecule has 0 aromatic carbocycles. The molecule has 13 heavy (non-hydrogen) atoms. The molecule has 0 spiro atoms. The number of aromatic amines is 1. The maximum absolute atomic E-state index is 9.28. The van der Waals surface area contributed by atoms with Crippen molar-refractivity contribution in [1.29, 1.82) is 0 Å². The number of aromatic nitrogens is 2. The fourth-order valence-electron chi connectivity index (χ4n) is 1.59. The van der Waals surface area contributed by atoms with Crippen LogP contribution < -0.4 is 0 Å². The van der Waals surface area contributed by atoms with Gasteiger partial charge in [0.1, 0.15) is 0 Å². The number of likely N-dealkylation sites (tertiary alicyclic amines) is 1. The summed E-state index contributed by atoms with van der Waals surface area (Å²) in [5.74, 6) is 0. The standard InChI is InChI=1S/C8H13N3O2/c12-7-3-11(4-8(7)13)2-6-1-9-5-10-6/h1,5,7-8,12-13H,2-4H2,(H,9,10). The van der Waals surface area contributed by atoms with E-state index in [9.17, 15) is 10.2 Å². The zero-order valence-corrected chi connectivity index (χ0v) is 7.22. The van der Waals surface area contributed by atoms with E-state index in [4.69, 9.17) is 0 Å². The van der Waals surface area contributed by atoms with Crippen LogP contribution in [0.3, 0.4) is 0 Å². The van der Waals surface area contributed by atoms with Crippen molar-refractivity contribution in [3.63, 3.8) is 0 Å². The average molecular weight is 183 g/mol. The molecule has 0 radical (unpaired) electrons. The molecule has 5 heteroatoms. The molecule has 2 heterocycles. The molecule has 72 valence electrons. The quantitative estimate of drug-likeness (QED) is 0.547. The molecular weight excluding hydrogens is 170 g/mol. The number of nitrogens with one attached hydrogen (secondary N) is 1. The molecule has 2 atom stereocenters. The summed E-state index contributed by atoms with van der Waals surface area (Å²) >= 11 is 0. The van der Waals surface area contributed by atoms with Crippen LogP contribution in [0.2, 0.25) is 0 Å². The highest BCUT2D eigenvalue weighted by Crippen LogP contribution is 2.12. The highest BCUT2D eigenvalue weighted by Gasteiger charge is 2.29. The smallest absolute Gasteiger partial charge is 0.0938 e. The molecule has 1 aromatic rings. The average Bonchev–Trinajstić information content (AvgIpc) is 2.64. The van der Waals surface area contributed by atoms with Crippen molar-refractivity contribution < 1.29 is 10.2 Å². The lowest BCUT2D eigenvalue weighted by Crippen LogP contribution is -2.22. The molecule has 0 bridgehead atoms. The Labute approximate surface area is 76.0 Å². The van der Waals surface area contributed by atoms with Crippen LogP contribution in [0.25, 0.3) is 0 Å². The second-order valence-corrected chi connectivity index (χ2v) is 3.41. The number of H-pyrrole nitrogens is 1. The minimum Gasteiger partial charge on any atom is -0.389 e. The number of aliphatic hydroxyl groups excluding tert-OH is 2. The van der Waals surface area contributed by atoms with E-state index in [1.807, 2.05) is 4.90 Å². The Bertz CT molecular complexity index is 252. The summed E-state index contributed by atoms with van der Waals surface area (Å²) in [6, 6.07) is 0. The lowest BCUT2D eigenvalue weighted by molar-refractivity contribution is 0.0572. The molecule has 1 aliphatic heterocycles. The molecule has 1 fully saturated rings. The summed E-state index contributed by atoms with van der Waals surface area (Å²) in [6.07, 6.45) is 2.15. The lowest BCUT2D eigenvalue weighted by Gasteiger charge is -2.12. The molecule has 1 saturated heterocycles. The Kier molecular flexibility index (Phi) is 2.30. The van der Waals surface area contributed by atoms with Crippen molar-refractivity contribution in [3.05, 3.63) is 18.2 Å². The molecule has 1 aliphatic rings. The molecular formula is C8H13N3O2. The summed E-state index contributed by atoms with van der Waals surface area (Å²) in [5, 5.41) is 18.6. The first-order chi connectivity index (χ1) is 6.25. The monoisotopic (exact) mass is 183 g/mol. The third-order valence-corrected chi connectivity index (χ3v) is 2.28. The molecule has 1 aromatic heterocycles. The van der Waals surface area contributed by atoms with E-state index >= 15 is 0 Å². The summed E-state index contributed by atoms with van der Waals surface area (Å²) in [5.41, 5.74) is 1.00. The Balaban J connectivity index is 1.91. The van der Waals surface area contributed by atoms with E-state index < -0.39 is 12.2 Å². The number of hydrogen-bond acceptors (Lipinski definition) is 4. The van der Waals surface area contributed by atoms with Gasteiger partial charge in [0, 0.05) is 31.5 Å². The summed E-state index contributed by atoms with van der Waals surface area (Å²) in [7, 11) is 0. The third kappa shape index (κ3) is 1.88. The maximum atomic E-state index is 9.28. The van der Waals surface area contributed by atoms with Gasteiger partial charge < -0.3 is 15.2 Å². The van der Waals surface area contributed by atoms with Crippen molar-refractivity contribution in [3.8, 4) is 0 Å². The van der Waals surface area contributed by atoms with Gasteiger partial charge in [-0.1, -0.05) is 0 Å². The fraction of sp³-hybridized carbons (Fsp3) is 0.625. The van der Waals surface area contributed by atoms with E-state index in [2.05, 4.69) is 9.97 Å². The second kappa shape index (κ2) is 3.45. The van der Waals surface area contributed by atoms with Crippen LogP contribution >= 0.6 is 0 Å². The van der Waals surface area contributed by atoms with Crippen molar-refractivity contribution in [2.75, 3.05) is 13.1 Å². The summed E-state index contributed by atoms with van der Waals surface area (Å²) in [4.78, 5) is 8.86. The maximum Gasteiger partial charge on any atom is 0.0938 e. The Hall–Kier alpha value is -0.910. The third-order valence-electron chi connectivity index (χ3n) is 2.28. The zero-order chi connectivity index (χ0) is 9.26. The molecule has 5 nitrogen and oxygen atoms in total. The SMILES string of the molecule is OC1CN(Cc2cnc[nH]2)CC1O. The van der Waals surface area contributed by atoms with Gasteiger partial charge in [-0.2, -0.15) is 0 Å². The van der Waals surface area contributed by atoms with Gasteiger partial charge in [0.25, 0.3) is 0 Å². The minimum absolute atomic E-state index is 0.528. The number of nitrogens with zero attached hydrogens (tertiary/aromatic N) is 2. The Morgan fingerprint density at radius 2 is 2.15 bits per heavy atom. The predicted octanol–water partition coefficient (Wildman–Crippen LogP) is -1.05. The Morgan fingerprint density at radius 3 is 2.69 bits per heavy atom. The van der Waals surface area contributed by atoms with Crippen molar-refractivity contribution in [1.82, 2.24) is 14.9 Å². The van der Waals surface area contributed by atoms with E-state index in [0.29, 0.717) is 19.6 Å². The van der Waals surface area contributed by atoms with Gasteiger partial charge in [-0.05, 0) is 0 Å². The normalized spacial score (nSPS) is 29.7. The highest BCUT2D eigenvalue weighted by atomic mass is 16.3. The number of aliphatic hydroxyl groups is 2. The van der Waals surface area contributed by atoms with Crippen LogP contribution in [0.15, 0.2) is 12.5 Å². The molecule has 0 aliphatic carbocycles. The van der Waals surface area contributed by atoms with Gasteiger partial charge >= 0.3 is 0 Å². The summed E-state index contributed by atoms with van der Waals surface area (Å²) in [6.45, 7) is 1.76. The van der Waals surface area contributed by atoms with Gasteiger partial charge in [-0.3, -0.25) is 4.90 Å². The first-order valence-electron chi connectivity index (χ1n) is 4.31. The molecule has 2 rings (SSSR count). The van der Waals surface area contributed by atoms with Gasteiger partial charge in [0.05, 0.1) is 18.5 Å². The van der Waals surface area contributed by atoms with E-state index in [1.54, 1.807) is 12.5 Å². The van der Waals surface area contributed by atoms with Gasteiger partial charge in [-0.15, -0.1) is 0 Å². The van der Waals surface area contributed by atoms with E-state index in [0.717, 1.165) is 5.69 Å². The van der Waals surface area contributed by atoms with Crippen LogP contribution in [0.5, 0.6) is 0 Å². The van der Waals surface area contributed by atoms with Crippen LogP contribution in [0, 0.1) is 0 Å². The molecule has 0 amide bonds. The largest absolute Gasteiger partial charge is 0.389 e. The van der Waals surface area contributed by atoms with Crippen LogP contribution in [0.4, 0.5) is 0 Å². The van der Waals surface area contributed by atoms with Crippen molar-refractivity contribution in [2.24, 2.45) is 0 Å². The Morgan fingerprint density at radius 1 is 1.46 bits per heavy atom. The number of hydrogen-bond donors (Lipinski definition) is 3. The number of imidazole rings is 1. The van der Waals surface area contributed by atoms with Gasteiger partial charge in [-0.25, -0.2) is 4.98 Å². The van der Waals surface area contributed by atoms with Crippen molar-refractivity contribution >= 4 is 0 Å². The number of rotatable bonds is 2. The molecule has 2 unspecified atom stereocenters. The van der Waals surface area contributed by atoms with Gasteiger partial charge in [0.2, 0.25) is 0 Å². The van der Waals surface area contributed by atoms with E-state index in [1.165, 1.54) is 0 Å². The summed E-state index contributed by atoms with van der Waals surface area (Å²) < 4.78 is 0. The van der Waals surface area contributed by atoms with E-state index in [-0.39, 0.29) is 0 Å². The molecule has 0 saturated carbocycles. The first kappa shape index (κ1) is 8.68. The van der Waals surface area contributed by atoms with Crippen LogP contribution in [-0.4, -0.2) is 50.4 Å². The first-order valence-corrected chi connectivity index (χ1v) is 4.31. The zero-order valence-electron chi connectivity index (χ0n) is 7.22. The minimum atomic E-state index is -0.608.